The lowest BCUT2D eigenvalue weighted by Crippen LogP contribution is -2.25. The Kier molecular flexibility index (Phi) is 7.63. The molecule has 0 radical (unpaired) electrons. The number of nitrogens with zero attached hydrogens (tertiary/aromatic N) is 1. The summed E-state index contributed by atoms with van der Waals surface area (Å²) >= 11 is 0. The van der Waals surface area contributed by atoms with E-state index in [4.69, 9.17) is 4.42 Å². The van der Waals surface area contributed by atoms with Crippen LogP contribution in [0, 0.1) is 0 Å². The molecule has 0 unspecified atom stereocenters. The molecule has 0 amide bonds. The maximum Gasteiger partial charge on any atom is 0.144 e. The van der Waals surface area contributed by atoms with Crippen molar-refractivity contribution in [2.45, 2.75) is 57.8 Å². The van der Waals surface area contributed by atoms with E-state index in [1.54, 1.807) is 0 Å². The molecule has 11 rings (SSSR count). The fourth-order valence-electron chi connectivity index (χ4n) is 10.2. The predicted octanol–water partition coefficient (Wildman–Crippen LogP) is 15.7. The van der Waals surface area contributed by atoms with Crippen molar-refractivity contribution in [3.05, 3.63) is 209 Å². The fraction of sp³-hybridized carbons (Fsp3) is 0.158. The van der Waals surface area contributed by atoms with E-state index in [-0.39, 0.29) is 10.8 Å². The maximum atomic E-state index is 7.08. The van der Waals surface area contributed by atoms with Gasteiger partial charge in [0, 0.05) is 33.4 Å². The molecule has 0 aliphatic heterocycles. The first-order chi connectivity index (χ1) is 28.5. The van der Waals surface area contributed by atoms with Gasteiger partial charge in [0.25, 0.3) is 0 Å². The normalized spacial score (nSPS) is 13.7. The quantitative estimate of drug-likeness (QED) is 0.178. The summed E-state index contributed by atoms with van der Waals surface area (Å²) in [7, 11) is 0. The second-order valence-corrected chi connectivity index (χ2v) is 18.5. The molecular formula is C57H47NO. The first-order valence-corrected chi connectivity index (χ1v) is 20.9. The van der Waals surface area contributed by atoms with Crippen LogP contribution in [-0.4, -0.2) is 0 Å². The molecule has 2 nitrogen and oxygen atoms in total. The van der Waals surface area contributed by atoms with E-state index in [2.05, 4.69) is 222 Å². The largest absolute Gasteiger partial charge is 0.455 e. The van der Waals surface area contributed by atoms with E-state index in [9.17, 15) is 0 Å². The number of para-hydroxylation sites is 1. The third kappa shape index (κ3) is 5.18. The molecule has 1 heterocycles. The van der Waals surface area contributed by atoms with Crippen LogP contribution in [0.25, 0.3) is 55.3 Å². The van der Waals surface area contributed by atoms with Crippen LogP contribution in [0.5, 0.6) is 0 Å². The van der Waals surface area contributed by atoms with Gasteiger partial charge in [0.05, 0.1) is 5.41 Å². The molecule has 0 atom stereocenters. The second-order valence-electron chi connectivity index (χ2n) is 18.5. The number of anilines is 3. The van der Waals surface area contributed by atoms with Crippen molar-refractivity contribution >= 4 is 39.0 Å². The summed E-state index contributed by atoms with van der Waals surface area (Å²) in [5.74, 6) is 0. The number of benzene rings is 8. The topological polar surface area (TPSA) is 16.4 Å². The van der Waals surface area contributed by atoms with Crippen molar-refractivity contribution in [3.63, 3.8) is 0 Å². The third-order valence-electron chi connectivity index (χ3n) is 13.0. The van der Waals surface area contributed by atoms with Gasteiger partial charge < -0.3 is 9.32 Å². The van der Waals surface area contributed by atoms with Gasteiger partial charge in [0.15, 0.2) is 0 Å². The first kappa shape index (κ1) is 35.5. The van der Waals surface area contributed by atoms with E-state index in [1.807, 2.05) is 0 Å². The molecule has 2 heteroatoms. The Morgan fingerprint density at radius 1 is 0.424 bits per heavy atom. The van der Waals surface area contributed by atoms with Gasteiger partial charge in [0.1, 0.15) is 11.2 Å². The zero-order chi connectivity index (χ0) is 40.3. The zero-order valence-corrected chi connectivity index (χ0v) is 34.6. The molecule has 0 saturated heterocycles. The SMILES string of the molecule is CC(C)(C)c1ccc(N(c2ccc(C(C)(C)C)cc2)c2cccc(-c3cc4c(c5oc6ccccc6c35)-c3ccccc3C43c4ccccc4-c4ccccc43)c2)cc1. The fourth-order valence-corrected chi connectivity index (χ4v) is 10.2. The summed E-state index contributed by atoms with van der Waals surface area (Å²) in [6.45, 7) is 13.6. The highest BCUT2D eigenvalue weighted by molar-refractivity contribution is 6.19. The Hall–Kier alpha value is -6.64. The Balaban J connectivity index is 1.19. The molecule has 1 aromatic heterocycles. The summed E-state index contributed by atoms with van der Waals surface area (Å²) in [4.78, 5) is 2.40. The van der Waals surface area contributed by atoms with Crippen LogP contribution >= 0.6 is 0 Å². The van der Waals surface area contributed by atoms with Crippen molar-refractivity contribution < 1.29 is 4.42 Å². The van der Waals surface area contributed by atoms with Crippen molar-refractivity contribution in [3.8, 4) is 33.4 Å². The summed E-state index contributed by atoms with van der Waals surface area (Å²) in [6.07, 6.45) is 0. The molecule has 9 aromatic rings. The highest BCUT2D eigenvalue weighted by Crippen LogP contribution is 2.65. The molecule has 8 aromatic carbocycles. The minimum absolute atomic E-state index is 0.0569. The minimum Gasteiger partial charge on any atom is -0.455 e. The molecule has 0 bridgehead atoms. The van der Waals surface area contributed by atoms with E-state index in [0.29, 0.717) is 0 Å². The van der Waals surface area contributed by atoms with Crippen LogP contribution in [0.4, 0.5) is 17.1 Å². The zero-order valence-electron chi connectivity index (χ0n) is 34.6. The van der Waals surface area contributed by atoms with Gasteiger partial charge in [-0.2, -0.15) is 0 Å². The second kappa shape index (κ2) is 12.7. The molecule has 2 aliphatic carbocycles. The number of hydrogen-bond donors (Lipinski definition) is 0. The molecule has 0 fully saturated rings. The number of rotatable bonds is 4. The van der Waals surface area contributed by atoms with E-state index in [1.165, 1.54) is 61.2 Å². The Morgan fingerprint density at radius 3 is 1.51 bits per heavy atom. The summed E-state index contributed by atoms with van der Waals surface area (Å²) in [5.41, 5.74) is 20.0. The summed E-state index contributed by atoms with van der Waals surface area (Å²) in [5, 5.41) is 2.28. The van der Waals surface area contributed by atoms with E-state index >= 15 is 0 Å². The van der Waals surface area contributed by atoms with Gasteiger partial charge in [-0.1, -0.05) is 169 Å². The molecule has 2 aliphatic rings. The van der Waals surface area contributed by atoms with Crippen LogP contribution in [0.2, 0.25) is 0 Å². The van der Waals surface area contributed by atoms with Crippen LogP contribution < -0.4 is 4.90 Å². The monoisotopic (exact) mass is 761 g/mol. The maximum absolute atomic E-state index is 7.08. The first-order valence-electron chi connectivity index (χ1n) is 20.9. The van der Waals surface area contributed by atoms with Crippen LogP contribution in [-0.2, 0) is 16.2 Å². The van der Waals surface area contributed by atoms with E-state index < -0.39 is 5.41 Å². The summed E-state index contributed by atoms with van der Waals surface area (Å²) in [6, 6.07) is 65.5. The average molecular weight is 762 g/mol. The average Bonchev–Trinajstić information content (AvgIpc) is 3.88. The summed E-state index contributed by atoms with van der Waals surface area (Å²) < 4.78 is 7.08. The molecule has 0 N–H and O–H groups in total. The van der Waals surface area contributed by atoms with E-state index in [0.717, 1.165) is 44.6 Å². The highest BCUT2D eigenvalue weighted by Gasteiger charge is 2.52. The smallest absolute Gasteiger partial charge is 0.144 e. The Bertz CT molecular complexity index is 3010. The van der Waals surface area contributed by atoms with Crippen molar-refractivity contribution in [2.24, 2.45) is 0 Å². The molecule has 0 saturated carbocycles. The van der Waals surface area contributed by atoms with Gasteiger partial charge in [-0.15, -0.1) is 0 Å². The van der Waals surface area contributed by atoms with Gasteiger partial charge in [-0.3, -0.25) is 0 Å². The van der Waals surface area contributed by atoms with Crippen LogP contribution in [0.3, 0.4) is 0 Å². The molecule has 286 valence electrons. The van der Waals surface area contributed by atoms with Gasteiger partial charge >= 0.3 is 0 Å². The van der Waals surface area contributed by atoms with Crippen molar-refractivity contribution in [1.82, 2.24) is 0 Å². The Labute approximate surface area is 347 Å². The Morgan fingerprint density at radius 2 is 0.932 bits per heavy atom. The van der Waals surface area contributed by atoms with Gasteiger partial charge in [-0.05, 0) is 121 Å². The molecular weight excluding hydrogens is 715 g/mol. The standard InChI is InChI=1S/C57H47NO/c1-55(2,3)37-26-30-39(31-27-37)58(40-32-28-38(29-33-40)56(4,5)6)41-17-15-16-36(34-41)46-35-50-53(54-52(46)45-21-10-14-25-51(45)59-54)44-20-9-13-24-49(44)57(50)47-22-11-7-18-42(47)43-19-8-12-23-48(43)57/h7-35H,1-6H3. The number of hydrogen-bond acceptors (Lipinski definition) is 2. The van der Waals surface area contributed by atoms with Crippen molar-refractivity contribution in [1.29, 1.82) is 0 Å². The van der Waals surface area contributed by atoms with Crippen molar-refractivity contribution in [2.75, 3.05) is 4.90 Å². The predicted molar refractivity (Wildman–Crippen MR) is 248 cm³/mol. The lowest BCUT2D eigenvalue weighted by Gasteiger charge is -2.31. The van der Waals surface area contributed by atoms with Gasteiger partial charge in [-0.25, -0.2) is 0 Å². The highest BCUT2D eigenvalue weighted by atomic mass is 16.3. The minimum atomic E-state index is -0.492. The van der Waals surface area contributed by atoms with Crippen LogP contribution in [0.15, 0.2) is 180 Å². The molecule has 1 spiro atoms. The third-order valence-corrected chi connectivity index (χ3v) is 13.0. The number of furan rings is 1. The lowest BCUT2D eigenvalue weighted by molar-refractivity contribution is 0.590. The van der Waals surface area contributed by atoms with Gasteiger partial charge in [0.2, 0.25) is 0 Å². The lowest BCUT2D eigenvalue weighted by atomic mass is 9.70. The molecule has 59 heavy (non-hydrogen) atoms. The van der Waals surface area contributed by atoms with Crippen LogP contribution in [0.1, 0.15) is 74.9 Å². The number of fused-ring (bicyclic) bond motifs is 14.